The van der Waals surface area contributed by atoms with Gasteiger partial charge in [0.05, 0.1) is 18.3 Å². The third-order valence-electron chi connectivity index (χ3n) is 3.97. The number of likely N-dealkylation sites (tertiary alicyclic amines) is 1. The van der Waals surface area contributed by atoms with E-state index in [9.17, 15) is 13.2 Å². The lowest BCUT2D eigenvalue weighted by Gasteiger charge is -2.25. The van der Waals surface area contributed by atoms with E-state index >= 15 is 0 Å². The zero-order chi connectivity index (χ0) is 16.6. The number of amides is 1. The van der Waals surface area contributed by atoms with Crippen molar-refractivity contribution in [1.82, 2.24) is 24.4 Å². The maximum Gasteiger partial charge on any atom is 0.258 e. The lowest BCUT2D eigenvalue weighted by Crippen LogP contribution is -2.39. The Morgan fingerprint density at radius 2 is 2.04 bits per heavy atom. The Bertz CT molecular complexity index is 818. The van der Waals surface area contributed by atoms with Crippen LogP contribution in [0.2, 0.25) is 0 Å². The van der Waals surface area contributed by atoms with Gasteiger partial charge < -0.3 is 4.90 Å². The first-order valence-corrected chi connectivity index (χ1v) is 8.54. The number of carbonyl (C=O) groups excluding carboxylic acids is 1. The Hall–Kier alpha value is -2.26. The molecule has 0 bridgehead atoms. The van der Waals surface area contributed by atoms with Crippen LogP contribution in [0, 0.1) is 0 Å². The number of hydrogen-bond donors (Lipinski definition) is 1. The molecule has 1 amide bonds. The van der Waals surface area contributed by atoms with E-state index in [2.05, 4.69) is 14.8 Å². The van der Waals surface area contributed by atoms with Crippen molar-refractivity contribution in [1.29, 1.82) is 0 Å². The van der Waals surface area contributed by atoms with Crippen molar-refractivity contribution in [3.63, 3.8) is 0 Å². The van der Waals surface area contributed by atoms with Crippen LogP contribution in [-0.4, -0.2) is 47.1 Å². The molecule has 1 aliphatic rings. The van der Waals surface area contributed by atoms with Gasteiger partial charge in [0, 0.05) is 32.9 Å². The summed E-state index contributed by atoms with van der Waals surface area (Å²) in [5.41, 5.74) is 0.790. The molecule has 1 saturated heterocycles. The lowest BCUT2D eigenvalue weighted by atomic mass is 10.0. The number of aromatic nitrogens is 3. The summed E-state index contributed by atoms with van der Waals surface area (Å²) in [6, 6.07) is 4.06. The van der Waals surface area contributed by atoms with Gasteiger partial charge in [0.25, 0.3) is 10.0 Å². The Balaban J connectivity index is 1.92. The number of pyridine rings is 1. The van der Waals surface area contributed by atoms with Crippen molar-refractivity contribution >= 4 is 15.9 Å². The molecular formula is C14H17N5O3S. The minimum atomic E-state index is -3.77. The van der Waals surface area contributed by atoms with Crippen LogP contribution >= 0.6 is 0 Å². The quantitative estimate of drug-likeness (QED) is 0.852. The summed E-state index contributed by atoms with van der Waals surface area (Å²) in [6.45, 7) is 0. The van der Waals surface area contributed by atoms with E-state index in [4.69, 9.17) is 0 Å². The fourth-order valence-corrected chi connectivity index (χ4v) is 4.23. The van der Waals surface area contributed by atoms with Crippen molar-refractivity contribution in [3.05, 3.63) is 42.4 Å². The largest absolute Gasteiger partial charge is 0.337 e. The molecule has 1 N–H and O–H groups in total. The fourth-order valence-electron chi connectivity index (χ4n) is 2.87. The molecule has 1 aliphatic heterocycles. The maximum atomic E-state index is 12.5. The van der Waals surface area contributed by atoms with Gasteiger partial charge in [-0.1, -0.05) is 6.07 Å². The van der Waals surface area contributed by atoms with Gasteiger partial charge in [0.1, 0.15) is 0 Å². The number of nitrogens with one attached hydrogen (secondary N) is 1. The summed E-state index contributed by atoms with van der Waals surface area (Å²) in [5, 5.41) is 3.93. The van der Waals surface area contributed by atoms with Gasteiger partial charge in [0.2, 0.25) is 5.91 Å². The van der Waals surface area contributed by atoms with Crippen molar-refractivity contribution in [2.45, 2.75) is 23.5 Å². The Morgan fingerprint density at radius 3 is 2.65 bits per heavy atom. The minimum Gasteiger partial charge on any atom is -0.337 e. The summed E-state index contributed by atoms with van der Waals surface area (Å²) in [5.74, 6) is -0.114. The van der Waals surface area contributed by atoms with Gasteiger partial charge in [-0.15, -0.1) is 0 Å². The van der Waals surface area contributed by atoms with Crippen LogP contribution < -0.4 is 4.72 Å². The van der Waals surface area contributed by atoms with Crippen LogP contribution in [0.3, 0.4) is 0 Å². The number of carbonyl (C=O) groups is 1. The van der Waals surface area contributed by atoms with Crippen molar-refractivity contribution < 1.29 is 13.2 Å². The monoisotopic (exact) mass is 335 g/mol. The molecule has 0 saturated carbocycles. The van der Waals surface area contributed by atoms with Crippen molar-refractivity contribution in [2.24, 2.45) is 7.05 Å². The van der Waals surface area contributed by atoms with Gasteiger partial charge in [-0.25, -0.2) is 13.1 Å². The second-order valence-corrected chi connectivity index (χ2v) is 7.12. The van der Waals surface area contributed by atoms with Crippen LogP contribution in [0.5, 0.6) is 0 Å². The zero-order valence-electron chi connectivity index (χ0n) is 12.7. The molecule has 2 atom stereocenters. The predicted molar refractivity (Wildman–Crippen MR) is 81.7 cm³/mol. The first kappa shape index (κ1) is 15.6. The SMILES string of the molecule is CN1C(=O)C[C@@H](NS(=O)(=O)c2ccnn2C)[C@@H]1c1cccnc1. The number of likely N-dealkylation sites (N-methyl/N-ethyl adjacent to an activating group) is 1. The molecule has 0 spiro atoms. The highest BCUT2D eigenvalue weighted by atomic mass is 32.2. The number of hydrogen-bond acceptors (Lipinski definition) is 5. The maximum absolute atomic E-state index is 12.5. The molecule has 2 aromatic heterocycles. The van der Waals surface area contributed by atoms with Gasteiger partial charge in [0.15, 0.2) is 5.03 Å². The van der Waals surface area contributed by atoms with Crippen LogP contribution in [-0.2, 0) is 21.9 Å². The highest BCUT2D eigenvalue weighted by molar-refractivity contribution is 7.89. The number of aryl methyl sites for hydroxylation is 1. The smallest absolute Gasteiger partial charge is 0.258 e. The van der Waals surface area contributed by atoms with Crippen molar-refractivity contribution in [2.75, 3.05) is 7.05 Å². The average Bonchev–Trinajstić information content (AvgIpc) is 3.05. The normalized spacial score (nSPS) is 21.8. The Kier molecular flexibility index (Phi) is 3.90. The lowest BCUT2D eigenvalue weighted by molar-refractivity contribution is -0.127. The molecule has 9 heteroatoms. The molecule has 0 unspecified atom stereocenters. The van der Waals surface area contributed by atoms with Crippen LogP contribution in [0.25, 0.3) is 0 Å². The van der Waals surface area contributed by atoms with E-state index < -0.39 is 16.1 Å². The van der Waals surface area contributed by atoms with E-state index in [0.29, 0.717) is 0 Å². The summed E-state index contributed by atoms with van der Waals surface area (Å²) in [6.07, 6.45) is 4.80. The third-order valence-corrected chi connectivity index (χ3v) is 5.53. The van der Waals surface area contributed by atoms with E-state index in [1.165, 1.54) is 16.9 Å². The zero-order valence-corrected chi connectivity index (χ0v) is 13.6. The molecule has 8 nitrogen and oxygen atoms in total. The average molecular weight is 335 g/mol. The van der Waals surface area contributed by atoms with Gasteiger partial charge in [-0.3, -0.25) is 14.5 Å². The van der Waals surface area contributed by atoms with Crippen LogP contribution in [0.1, 0.15) is 18.0 Å². The number of sulfonamides is 1. The van der Waals surface area contributed by atoms with E-state index in [-0.39, 0.29) is 23.4 Å². The van der Waals surface area contributed by atoms with Gasteiger partial charge >= 0.3 is 0 Å². The molecule has 1 fully saturated rings. The molecule has 122 valence electrons. The second-order valence-electron chi connectivity index (χ2n) is 5.46. The van der Waals surface area contributed by atoms with E-state index in [1.54, 1.807) is 37.5 Å². The fraction of sp³-hybridized carbons (Fsp3) is 0.357. The summed E-state index contributed by atoms with van der Waals surface area (Å²) in [4.78, 5) is 17.7. The van der Waals surface area contributed by atoms with Crippen LogP contribution in [0.15, 0.2) is 41.8 Å². The van der Waals surface area contributed by atoms with Gasteiger partial charge in [-0.05, 0) is 17.7 Å². The summed E-state index contributed by atoms with van der Waals surface area (Å²) < 4.78 is 29.0. The highest BCUT2D eigenvalue weighted by Crippen LogP contribution is 2.32. The number of nitrogens with zero attached hydrogens (tertiary/aromatic N) is 4. The summed E-state index contributed by atoms with van der Waals surface area (Å²) >= 11 is 0. The molecule has 3 heterocycles. The van der Waals surface area contributed by atoms with E-state index in [0.717, 1.165) is 5.56 Å². The van der Waals surface area contributed by atoms with E-state index in [1.807, 2.05) is 6.07 Å². The second kappa shape index (κ2) is 5.74. The Labute approximate surface area is 134 Å². The molecule has 2 aromatic rings. The molecule has 0 aromatic carbocycles. The van der Waals surface area contributed by atoms with Crippen molar-refractivity contribution in [3.8, 4) is 0 Å². The first-order chi connectivity index (χ1) is 10.9. The number of rotatable bonds is 4. The minimum absolute atomic E-state index is 0.0597. The standard InChI is InChI=1S/C14H17N5O3S/c1-18-12(20)8-11(14(18)10-4-3-6-15-9-10)17-23(21,22)13-5-7-16-19(13)2/h3-7,9,11,14,17H,8H2,1-2H3/t11-,14+/m1/s1. The predicted octanol–water partition coefficient (Wildman–Crippen LogP) is 0.0654. The Morgan fingerprint density at radius 1 is 1.26 bits per heavy atom. The highest BCUT2D eigenvalue weighted by Gasteiger charge is 2.41. The summed E-state index contributed by atoms with van der Waals surface area (Å²) in [7, 11) is -0.548. The topological polar surface area (TPSA) is 97.2 Å². The van der Waals surface area contributed by atoms with Gasteiger partial charge in [-0.2, -0.15) is 5.10 Å². The molecule has 0 aliphatic carbocycles. The third kappa shape index (κ3) is 2.84. The first-order valence-electron chi connectivity index (χ1n) is 7.06. The molecule has 3 rings (SSSR count). The van der Waals surface area contributed by atoms with Crippen LogP contribution in [0.4, 0.5) is 0 Å². The molecule has 0 radical (unpaired) electrons. The molecular weight excluding hydrogens is 318 g/mol. The molecule has 23 heavy (non-hydrogen) atoms.